The SMILES string of the molecule is NC(=O)CCC1CCCC(=O)O1. The van der Waals surface area contributed by atoms with E-state index in [1.54, 1.807) is 0 Å². The van der Waals surface area contributed by atoms with Crippen LogP contribution in [0.4, 0.5) is 0 Å². The van der Waals surface area contributed by atoms with Crippen LogP contribution in [0.2, 0.25) is 0 Å². The van der Waals surface area contributed by atoms with Gasteiger partial charge in [0, 0.05) is 12.8 Å². The Morgan fingerprint density at radius 1 is 1.67 bits per heavy atom. The molecule has 1 amide bonds. The van der Waals surface area contributed by atoms with Gasteiger partial charge in [0.25, 0.3) is 0 Å². The molecule has 0 radical (unpaired) electrons. The van der Waals surface area contributed by atoms with E-state index < -0.39 is 0 Å². The summed E-state index contributed by atoms with van der Waals surface area (Å²) in [6.45, 7) is 0. The third kappa shape index (κ3) is 2.90. The highest BCUT2D eigenvalue weighted by Crippen LogP contribution is 2.17. The largest absolute Gasteiger partial charge is 0.462 e. The Kier molecular flexibility index (Phi) is 3.08. The molecule has 68 valence electrons. The maximum atomic E-state index is 10.8. The van der Waals surface area contributed by atoms with Gasteiger partial charge in [0.2, 0.25) is 5.91 Å². The number of carbonyl (C=O) groups is 2. The maximum absolute atomic E-state index is 10.8. The third-order valence-electron chi connectivity index (χ3n) is 1.92. The summed E-state index contributed by atoms with van der Waals surface area (Å²) in [4.78, 5) is 21.2. The summed E-state index contributed by atoms with van der Waals surface area (Å²) in [5, 5.41) is 0. The van der Waals surface area contributed by atoms with Crippen LogP contribution in [0.25, 0.3) is 0 Å². The van der Waals surface area contributed by atoms with Crippen molar-refractivity contribution in [3.8, 4) is 0 Å². The van der Waals surface area contributed by atoms with Crippen LogP contribution < -0.4 is 5.73 Å². The van der Waals surface area contributed by atoms with Crippen molar-refractivity contribution >= 4 is 11.9 Å². The van der Waals surface area contributed by atoms with Crippen LogP contribution in [-0.2, 0) is 14.3 Å². The Morgan fingerprint density at radius 3 is 3.00 bits per heavy atom. The molecular formula is C8H13NO3. The van der Waals surface area contributed by atoms with Crippen LogP contribution in [0.15, 0.2) is 0 Å². The molecule has 0 aliphatic carbocycles. The van der Waals surface area contributed by atoms with Gasteiger partial charge in [-0.2, -0.15) is 0 Å². The predicted octanol–water partition coefficient (Wildman–Crippen LogP) is 0.348. The summed E-state index contributed by atoms with van der Waals surface area (Å²) in [6.07, 6.45) is 3.02. The van der Waals surface area contributed by atoms with E-state index >= 15 is 0 Å². The zero-order valence-corrected chi connectivity index (χ0v) is 6.91. The van der Waals surface area contributed by atoms with E-state index in [0.29, 0.717) is 19.3 Å². The highest BCUT2D eigenvalue weighted by atomic mass is 16.5. The minimum absolute atomic E-state index is 0.0845. The van der Waals surface area contributed by atoms with Crippen molar-refractivity contribution in [1.82, 2.24) is 0 Å². The third-order valence-corrected chi connectivity index (χ3v) is 1.92. The summed E-state index contributed by atoms with van der Waals surface area (Å²) in [6, 6.07) is 0. The monoisotopic (exact) mass is 171 g/mol. The molecule has 2 N–H and O–H groups in total. The second-order valence-corrected chi connectivity index (χ2v) is 3.01. The predicted molar refractivity (Wildman–Crippen MR) is 42.2 cm³/mol. The molecule has 12 heavy (non-hydrogen) atoms. The molecule has 1 saturated heterocycles. The van der Waals surface area contributed by atoms with Crippen LogP contribution in [0.1, 0.15) is 32.1 Å². The van der Waals surface area contributed by atoms with Crippen LogP contribution >= 0.6 is 0 Å². The molecule has 1 aliphatic heterocycles. The highest BCUT2D eigenvalue weighted by Gasteiger charge is 2.20. The normalized spacial score (nSPS) is 23.3. The van der Waals surface area contributed by atoms with E-state index in [2.05, 4.69) is 0 Å². The highest BCUT2D eigenvalue weighted by molar-refractivity contribution is 5.74. The lowest BCUT2D eigenvalue weighted by Crippen LogP contribution is -2.25. The van der Waals surface area contributed by atoms with Gasteiger partial charge in [0.15, 0.2) is 0 Å². The maximum Gasteiger partial charge on any atom is 0.306 e. The quantitative estimate of drug-likeness (QED) is 0.623. The molecule has 0 saturated carbocycles. The first-order valence-electron chi connectivity index (χ1n) is 4.16. The first kappa shape index (κ1) is 9.03. The molecule has 1 aliphatic rings. The van der Waals surface area contributed by atoms with Crippen molar-refractivity contribution in [2.75, 3.05) is 0 Å². The molecule has 1 heterocycles. The lowest BCUT2D eigenvalue weighted by Gasteiger charge is -2.21. The molecule has 1 rings (SSSR count). The topological polar surface area (TPSA) is 69.4 Å². The number of esters is 1. The second-order valence-electron chi connectivity index (χ2n) is 3.01. The fourth-order valence-electron chi connectivity index (χ4n) is 1.28. The summed E-state index contributed by atoms with van der Waals surface area (Å²) in [5.41, 5.74) is 4.96. The van der Waals surface area contributed by atoms with E-state index in [0.717, 1.165) is 12.8 Å². The van der Waals surface area contributed by atoms with E-state index in [1.165, 1.54) is 0 Å². The Labute approximate surface area is 71.1 Å². The molecule has 0 spiro atoms. The van der Waals surface area contributed by atoms with Crippen molar-refractivity contribution in [2.24, 2.45) is 5.73 Å². The number of amides is 1. The number of rotatable bonds is 3. The van der Waals surface area contributed by atoms with Gasteiger partial charge in [-0.25, -0.2) is 0 Å². The van der Waals surface area contributed by atoms with Crippen molar-refractivity contribution < 1.29 is 14.3 Å². The molecule has 0 aromatic carbocycles. The molecule has 1 atom stereocenters. The van der Waals surface area contributed by atoms with Crippen molar-refractivity contribution in [1.29, 1.82) is 0 Å². The fourth-order valence-corrected chi connectivity index (χ4v) is 1.28. The number of nitrogens with two attached hydrogens (primary N) is 1. The first-order valence-corrected chi connectivity index (χ1v) is 4.16. The van der Waals surface area contributed by atoms with Crippen LogP contribution in [-0.4, -0.2) is 18.0 Å². The van der Waals surface area contributed by atoms with Gasteiger partial charge in [0.1, 0.15) is 6.10 Å². The number of hydrogen-bond donors (Lipinski definition) is 1. The van der Waals surface area contributed by atoms with E-state index in [-0.39, 0.29) is 18.0 Å². The fraction of sp³-hybridized carbons (Fsp3) is 0.750. The van der Waals surface area contributed by atoms with Gasteiger partial charge in [-0.15, -0.1) is 0 Å². The average molecular weight is 171 g/mol. The molecular weight excluding hydrogens is 158 g/mol. The molecule has 4 heteroatoms. The van der Waals surface area contributed by atoms with Crippen LogP contribution in [0, 0.1) is 0 Å². The van der Waals surface area contributed by atoms with Crippen molar-refractivity contribution in [3.05, 3.63) is 0 Å². The van der Waals surface area contributed by atoms with Crippen molar-refractivity contribution in [2.45, 2.75) is 38.2 Å². The smallest absolute Gasteiger partial charge is 0.306 e. The number of carbonyl (C=O) groups excluding carboxylic acids is 2. The molecule has 0 bridgehead atoms. The summed E-state index contributed by atoms with van der Waals surface area (Å²) >= 11 is 0. The zero-order chi connectivity index (χ0) is 8.97. The van der Waals surface area contributed by atoms with E-state index in [9.17, 15) is 9.59 Å². The van der Waals surface area contributed by atoms with Crippen LogP contribution in [0.5, 0.6) is 0 Å². The number of primary amides is 1. The first-order chi connectivity index (χ1) is 5.68. The average Bonchev–Trinajstić information content (AvgIpc) is 2.01. The van der Waals surface area contributed by atoms with Gasteiger partial charge in [0.05, 0.1) is 0 Å². The summed E-state index contributed by atoms with van der Waals surface area (Å²) in [5.74, 6) is -0.493. The molecule has 0 aromatic rings. The number of ether oxygens (including phenoxy) is 1. The Balaban J connectivity index is 2.23. The number of cyclic esters (lactones) is 1. The summed E-state index contributed by atoms with van der Waals surface area (Å²) in [7, 11) is 0. The molecule has 1 fully saturated rings. The number of hydrogen-bond acceptors (Lipinski definition) is 3. The van der Waals surface area contributed by atoms with Gasteiger partial charge >= 0.3 is 5.97 Å². The van der Waals surface area contributed by atoms with Crippen molar-refractivity contribution in [3.63, 3.8) is 0 Å². The van der Waals surface area contributed by atoms with Gasteiger partial charge in [-0.3, -0.25) is 9.59 Å². The van der Waals surface area contributed by atoms with Crippen LogP contribution in [0.3, 0.4) is 0 Å². The molecule has 1 unspecified atom stereocenters. The lowest BCUT2D eigenvalue weighted by atomic mass is 10.0. The Bertz CT molecular complexity index is 191. The Hall–Kier alpha value is -1.06. The molecule has 4 nitrogen and oxygen atoms in total. The minimum atomic E-state index is -0.336. The lowest BCUT2D eigenvalue weighted by molar-refractivity contribution is -0.154. The zero-order valence-electron chi connectivity index (χ0n) is 6.91. The molecule has 0 aromatic heterocycles. The Morgan fingerprint density at radius 2 is 2.42 bits per heavy atom. The van der Waals surface area contributed by atoms with Gasteiger partial charge in [-0.05, 0) is 19.3 Å². The minimum Gasteiger partial charge on any atom is -0.462 e. The van der Waals surface area contributed by atoms with E-state index in [4.69, 9.17) is 10.5 Å². The standard InChI is InChI=1S/C8H13NO3/c9-7(10)5-4-6-2-1-3-8(11)12-6/h6H,1-5H2,(H2,9,10). The van der Waals surface area contributed by atoms with Gasteiger partial charge < -0.3 is 10.5 Å². The second kappa shape index (κ2) is 4.09. The summed E-state index contributed by atoms with van der Waals surface area (Å²) < 4.78 is 4.99. The van der Waals surface area contributed by atoms with E-state index in [1.807, 2.05) is 0 Å². The van der Waals surface area contributed by atoms with Gasteiger partial charge in [-0.1, -0.05) is 0 Å².